The number of allylic oxidation sites excluding steroid dienone is 2. The lowest BCUT2D eigenvalue weighted by Gasteiger charge is -2.34. The third-order valence-corrected chi connectivity index (χ3v) is 11.4. The quantitative estimate of drug-likeness (QED) is 0.0261. The number of nitrogens with zero attached hydrogens (tertiary/aromatic N) is 1. The second-order valence-corrected chi connectivity index (χ2v) is 18.1. The van der Waals surface area contributed by atoms with Gasteiger partial charge in [-0.1, -0.05) is 193 Å². The molecule has 0 aromatic rings. The Morgan fingerprint density at radius 1 is 0.500 bits per heavy atom. The molecule has 2 unspecified atom stereocenters. The predicted molar refractivity (Wildman–Crippen MR) is 241 cm³/mol. The lowest BCUT2D eigenvalue weighted by atomic mass is 10.0. The maximum atomic E-state index is 12.8. The van der Waals surface area contributed by atoms with Crippen LogP contribution in [0.1, 0.15) is 239 Å². The van der Waals surface area contributed by atoms with Crippen molar-refractivity contribution in [2.75, 3.05) is 41.0 Å². The highest BCUT2D eigenvalue weighted by Crippen LogP contribution is 2.16. The molecular weight excluding hydrogens is 727 g/mol. The average molecular weight is 822 g/mol. The number of rotatable bonds is 45. The number of carbonyl (C=O) groups is 3. The number of esters is 2. The zero-order valence-electron chi connectivity index (χ0n) is 39.0. The van der Waals surface area contributed by atoms with E-state index in [0.29, 0.717) is 12.8 Å². The van der Waals surface area contributed by atoms with Crippen LogP contribution in [0.2, 0.25) is 0 Å². The van der Waals surface area contributed by atoms with Crippen molar-refractivity contribution in [1.82, 2.24) is 0 Å². The second kappa shape index (κ2) is 41.8. The normalized spacial score (nSPS) is 12.9. The van der Waals surface area contributed by atoms with E-state index in [0.717, 1.165) is 51.4 Å². The molecule has 0 radical (unpaired) electrons. The monoisotopic (exact) mass is 822 g/mol. The van der Waals surface area contributed by atoms with Gasteiger partial charge in [-0.25, -0.2) is 0 Å². The van der Waals surface area contributed by atoms with Gasteiger partial charge in [0.2, 0.25) is 0 Å². The van der Waals surface area contributed by atoms with E-state index in [1.807, 2.05) is 0 Å². The van der Waals surface area contributed by atoms with E-state index in [4.69, 9.17) is 14.2 Å². The number of likely N-dealkylation sites (N-methyl/N-ethyl adjacent to an activating group) is 1. The molecule has 0 saturated heterocycles. The van der Waals surface area contributed by atoms with Crippen LogP contribution in [0.5, 0.6) is 0 Å². The standard InChI is InChI=1S/C50H95NO7/c1-6-8-10-12-14-16-18-20-21-22-23-24-25-26-27-28-29-31-33-35-37-39-41-49(53)58-46(44-56-43-42-47(50(54)55)51(3,4)5)45-57-48(52)40-38-36-34-32-30-19-17-15-13-11-9-7-2/h15,17,46-47H,6-14,16,18-45H2,1-5H3/b17-15+. The molecule has 8 nitrogen and oxygen atoms in total. The van der Waals surface area contributed by atoms with Gasteiger partial charge < -0.3 is 28.6 Å². The number of aliphatic carboxylic acids is 1. The predicted octanol–water partition coefficient (Wildman–Crippen LogP) is 12.5. The molecule has 58 heavy (non-hydrogen) atoms. The Morgan fingerprint density at radius 2 is 0.862 bits per heavy atom. The van der Waals surface area contributed by atoms with Crippen molar-refractivity contribution in [1.29, 1.82) is 0 Å². The molecule has 2 atom stereocenters. The topological polar surface area (TPSA) is 102 Å². The first-order valence-corrected chi connectivity index (χ1v) is 24.7. The van der Waals surface area contributed by atoms with Gasteiger partial charge in [-0.05, 0) is 38.5 Å². The summed E-state index contributed by atoms with van der Waals surface area (Å²) < 4.78 is 17.2. The van der Waals surface area contributed by atoms with E-state index in [9.17, 15) is 19.5 Å². The molecule has 0 aromatic carbocycles. The smallest absolute Gasteiger partial charge is 0.306 e. The van der Waals surface area contributed by atoms with E-state index in [-0.39, 0.29) is 42.7 Å². The van der Waals surface area contributed by atoms with Crippen molar-refractivity contribution in [3.63, 3.8) is 0 Å². The molecule has 0 heterocycles. The Bertz CT molecular complexity index is 962. The van der Waals surface area contributed by atoms with Crippen LogP contribution in [0.4, 0.5) is 0 Å². The minimum atomic E-state index is -1.12. The largest absolute Gasteiger partial charge is 0.544 e. The van der Waals surface area contributed by atoms with Crippen LogP contribution in [-0.2, 0) is 28.6 Å². The SMILES string of the molecule is CCCCC/C=C/CCCCCCCC(=O)OCC(COCCC(C(=O)[O-])[N+](C)(C)C)OC(=O)CCCCCCCCCCCCCCCCCCCCCCCC. The highest BCUT2D eigenvalue weighted by Gasteiger charge is 2.25. The van der Waals surface area contributed by atoms with Crippen molar-refractivity contribution < 1.29 is 38.2 Å². The number of ether oxygens (including phenoxy) is 3. The average Bonchev–Trinajstić information content (AvgIpc) is 3.18. The van der Waals surface area contributed by atoms with Gasteiger partial charge in [-0.3, -0.25) is 9.59 Å². The molecule has 0 aliphatic rings. The van der Waals surface area contributed by atoms with Crippen LogP contribution in [0.25, 0.3) is 0 Å². The van der Waals surface area contributed by atoms with E-state index in [1.165, 1.54) is 154 Å². The summed E-state index contributed by atoms with van der Waals surface area (Å²) in [6, 6.07) is -0.722. The van der Waals surface area contributed by atoms with Gasteiger partial charge in [-0.2, -0.15) is 0 Å². The number of carboxylic acid groups (broad SMARTS) is 1. The Kier molecular flexibility index (Phi) is 40.4. The minimum absolute atomic E-state index is 0.0440. The molecule has 342 valence electrons. The summed E-state index contributed by atoms with van der Waals surface area (Å²) in [5, 5.41) is 11.6. The second-order valence-electron chi connectivity index (χ2n) is 18.1. The molecule has 0 aliphatic heterocycles. The van der Waals surface area contributed by atoms with E-state index < -0.39 is 18.1 Å². The summed E-state index contributed by atoms with van der Waals surface area (Å²) in [5.41, 5.74) is 0. The van der Waals surface area contributed by atoms with Crippen molar-refractivity contribution in [2.24, 2.45) is 0 Å². The fraction of sp³-hybridized carbons (Fsp3) is 0.900. The van der Waals surface area contributed by atoms with Gasteiger partial charge in [0.05, 0.1) is 40.3 Å². The fourth-order valence-corrected chi connectivity index (χ4v) is 7.54. The minimum Gasteiger partial charge on any atom is -0.544 e. The first-order valence-electron chi connectivity index (χ1n) is 24.7. The van der Waals surface area contributed by atoms with Crippen LogP contribution in [0, 0.1) is 0 Å². The highest BCUT2D eigenvalue weighted by atomic mass is 16.6. The van der Waals surface area contributed by atoms with Crippen LogP contribution in [0.15, 0.2) is 12.2 Å². The molecule has 0 spiro atoms. The summed E-state index contributed by atoms with van der Waals surface area (Å²) in [4.78, 5) is 36.9. The molecular formula is C50H95NO7. The maximum absolute atomic E-state index is 12.8. The number of hydrogen-bond acceptors (Lipinski definition) is 7. The third-order valence-electron chi connectivity index (χ3n) is 11.4. The zero-order chi connectivity index (χ0) is 42.8. The molecule has 0 saturated carbocycles. The lowest BCUT2D eigenvalue weighted by Crippen LogP contribution is -2.55. The highest BCUT2D eigenvalue weighted by molar-refractivity contribution is 5.70. The number of unbranched alkanes of at least 4 members (excludes halogenated alkanes) is 29. The summed E-state index contributed by atoms with van der Waals surface area (Å²) in [7, 11) is 5.42. The number of hydrogen-bond donors (Lipinski definition) is 0. The molecule has 0 amide bonds. The molecule has 0 aliphatic carbocycles. The summed E-state index contributed by atoms with van der Waals surface area (Å²) >= 11 is 0. The van der Waals surface area contributed by atoms with Crippen molar-refractivity contribution in [2.45, 2.75) is 251 Å². The van der Waals surface area contributed by atoms with Crippen molar-refractivity contribution >= 4 is 17.9 Å². The summed E-state index contributed by atoms with van der Waals surface area (Å²) in [5.74, 6) is -1.73. The van der Waals surface area contributed by atoms with E-state index >= 15 is 0 Å². The van der Waals surface area contributed by atoms with Gasteiger partial charge in [0, 0.05) is 19.3 Å². The van der Waals surface area contributed by atoms with Crippen LogP contribution in [0.3, 0.4) is 0 Å². The van der Waals surface area contributed by atoms with Gasteiger partial charge in [0.1, 0.15) is 12.6 Å². The van der Waals surface area contributed by atoms with E-state index in [2.05, 4.69) is 26.0 Å². The zero-order valence-corrected chi connectivity index (χ0v) is 39.0. The Labute approximate surface area is 359 Å². The third kappa shape index (κ3) is 39.5. The summed E-state index contributed by atoms with van der Waals surface area (Å²) in [6.45, 7) is 4.67. The molecule has 0 N–H and O–H groups in total. The van der Waals surface area contributed by atoms with Crippen LogP contribution in [-0.4, -0.2) is 75.5 Å². The van der Waals surface area contributed by atoms with Gasteiger partial charge in [0.25, 0.3) is 0 Å². The van der Waals surface area contributed by atoms with Gasteiger partial charge in [-0.15, -0.1) is 0 Å². The van der Waals surface area contributed by atoms with Crippen LogP contribution >= 0.6 is 0 Å². The Balaban J connectivity index is 4.17. The fourth-order valence-electron chi connectivity index (χ4n) is 7.54. The number of carbonyl (C=O) groups excluding carboxylic acids is 3. The Hall–Kier alpha value is -1.93. The van der Waals surface area contributed by atoms with Crippen molar-refractivity contribution in [3.05, 3.63) is 12.2 Å². The Morgan fingerprint density at radius 3 is 1.28 bits per heavy atom. The molecule has 8 heteroatoms. The lowest BCUT2D eigenvalue weighted by molar-refractivity contribution is -0.889. The van der Waals surface area contributed by atoms with Crippen molar-refractivity contribution in [3.8, 4) is 0 Å². The first-order chi connectivity index (χ1) is 28.1. The maximum Gasteiger partial charge on any atom is 0.306 e. The first kappa shape index (κ1) is 56.1. The molecule has 0 aromatic heterocycles. The number of carboxylic acids is 1. The van der Waals surface area contributed by atoms with Gasteiger partial charge in [0.15, 0.2) is 6.10 Å². The van der Waals surface area contributed by atoms with Crippen LogP contribution < -0.4 is 5.11 Å². The van der Waals surface area contributed by atoms with E-state index in [1.54, 1.807) is 21.1 Å². The summed E-state index contributed by atoms with van der Waals surface area (Å²) in [6.07, 6.45) is 45.3. The molecule has 0 bridgehead atoms. The number of quaternary nitrogens is 1. The van der Waals surface area contributed by atoms with Gasteiger partial charge >= 0.3 is 11.9 Å². The molecule has 0 fully saturated rings. The molecule has 0 rings (SSSR count).